The van der Waals surface area contributed by atoms with Gasteiger partial charge < -0.3 is 5.11 Å². The van der Waals surface area contributed by atoms with Gasteiger partial charge in [-0.2, -0.15) is 0 Å². The highest BCUT2D eigenvalue weighted by Crippen LogP contribution is 2.10. The van der Waals surface area contributed by atoms with E-state index in [1.165, 1.54) is 0 Å². The van der Waals surface area contributed by atoms with Gasteiger partial charge in [-0.25, -0.2) is 0 Å². The summed E-state index contributed by atoms with van der Waals surface area (Å²) in [6, 6.07) is 7.65. The molecule has 0 spiro atoms. The molecule has 1 aromatic carbocycles. The average Bonchev–Trinajstić information content (AvgIpc) is 2.16. The molecule has 0 fully saturated rings. The highest BCUT2D eigenvalue weighted by Gasteiger charge is 2.04. The van der Waals surface area contributed by atoms with Gasteiger partial charge in [0.25, 0.3) is 0 Å². The third-order valence-electron chi connectivity index (χ3n) is 2.03. The van der Waals surface area contributed by atoms with Gasteiger partial charge in [-0.3, -0.25) is 4.79 Å². The van der Waals surface area contributed by atoms with E-state index in [4.69, 9.17) is 5.11 Å². The second-order valence-corrected chi connectivity index (χ2v) is 3.11. The van der Waals surface area contributed by atoms with Crippen molar-refractivity contribution in [3.05, 3.63) is 47.5 Å². The minimum Gasteiger partial charge on any atom is -0.481 e. The van der Waals surface area contributed by atoms with Crippen molar-refractivity contribution in [1.82, 2.24) is 0 Å². The molecule has 0 amide bonds. The zero-order valence-corrected chi connectivity index (χ0v) is 8.23. The zero-order valence-electron chi connectivity index (χ0n) is 8.23. The van der Waals surface area contributed by atoms with Crippen molar-refractivity contribution in [2.45, 2.75) is 19.8 Å². The van der Waals surface area contributed by atoms with E-state index in [0.717, 1.165) is 17.5 Å². The molecule has 0 aliphatic rings. The first-order chi connectivity index (χ1) is 6.74. The monoisotopic (exact) mass is 190 g/mol. The molecule has 0 saturated heterocycles. The maximum Gasteiger partial charge on any atom is 0.307 e. The Hall–Kier alpha value is -1.57. The fourth-order valence-corrected chi connectivity index (χ4v) is 1.34. The summed E-state index contributed by atoms with van der Waals surface area (Å²) in [6.45, 7) is 1.96. The van der Waals surface area contributed by atoms with Crippen LogP contribution in [0.15, 0.2) is 36.4 Å². The largest absolute Gasteiger partial charge is 0.481 e. The van der Waals surface area contributed by atoms with Crippen LogP contribution in [-0.4, -0.2) is 11.1 Å². The number of rotatable bonds is 4. The van der Waals surface area contributed by atoms with Gasteiger partial charge in [0.05, 0.1) is 6.42 Å². The van der Waals surface area contributed by atoms with Gasteiger partial charge in [0.1, 0.15) is 0 Å². The molecule has 2 heteroatoms. The van der Waals surface area contributed by atoms with Crippen LogP contribution in [0.1, 0.15) is 18.1 Å². The van der Waals surface area contributed by atoms with E-state index in [2.05, 4.69) is 0 Å². The standard InChI is InChI=1S/C12H14O2/c1-2-3-6-10-7-4-5-8-11(10)9-12(13)14/h2-5,7-8H,6,9H2,1H3,(H,13,14)/b3-2+. The molecule has 1 aromatic rings. The Labute approximate surface area is 83.9 Å². The molecule has 2 nitrogen and oxygen atoms in total. The van der Waals surface area contributed by atoms with Crippen LogP contribution in [0.5, 0.6) is 0 Å². The molecule has 0 saturated carbocycles. The van der Waals surface area contributed by atoms with E-state index in [1.54, 1.807) is 0 Å². The SMILES string of the molecule is C/C=C/Cc1ccccc1CC(=O)O. The normalized spacial score (nSPS) is 10.6. The van der Waals surface area contributed by atoms with Crippen LogP contribution in [-0.2, 0) is 17.6 Å². The van der Waals surface area contributed by atoms with Crippen molar-refractivity contribution >= 4 is 5.97 Å². The van der Waals surface area contributed by atoms with Crippen LogP contribution in [0.3, 0.4) is 0 Å². The molecule has 74 valence electrons. The third kappa shape index (κ3) is 3.05. The van der Waals surface area contributed by atoms with Crippen molar-refractivity contribution in [3.63, 3.8) is 0 Å². The lowest BCUT2D eigenvalue weighted by Gasteiger charge is -2.04. The van der Waals surface area contributed by atoms with E-state index in [-0.39, 0.29) is 6.42 Å². The highest BCUT2D eigenvalue weighted by atomic mass is 16.4. The summed E-state index contributed by atoms with van der Waals surface area (Å²) in [6.07, 6.45) is 4.91. The summed E-state index contributed by atoms with van der Waals surface area (Å²) in [5, 5.41) is 8.70. The molecule has 0 heterocycles. The molecule has 1 rings (SSSR count). The Kier molecular flexibility index (Phi) is 3.92. The van der Waals surface area contributed by atoms with Gasteiger partial charge in [0, 0.05) is 0 Å². The fraction of sp³-hybridized carbons (Fsp3) is 0.250. The smallest absolute Gasteiger partial charge is 0.307 e. The Balaban J connectivity index is 2.85. The Morgan fingerprint density at radius 1 is 1.36 bits per heavy atom. The van der Waals surface area contributed by atoms with Gasteiger partial charge in [-0.15, -0.1) is 0 Å². The lowest BCUT2D eigenvalue weighted by atomic mass is 10.0. The second kappa shape index (κ2) is 5.22. The van der Waals surface area contributed by atoms with Crippen molar-refractivity contribution in [3.8, 4) is 0 Å². The van der Waals surface area contributed by atoms with Crippen LogP contribution >= 0.6 is 0 Å². The molecule has 0 unspecified atom stereocenters. The lowest BCUT2D eigenvalue weighted by molar-refractivity contribution is -0.136. The number of hydrogen-bond donors (Lipinski definition) is 1. The van der Waals surface area contributed by atoms with Gasteiger partial charge in [0.15, 0.2) is 0 Å². The van der Waals surface area contributed by atoms with Crippen molar-refractivity contribution in [1.29, 1.82) is 0 Å². The first-order valence-electron chi connectivity index (χ1n) is 4.63. The molecule has 0 bridgehead atoms. The first kappa shape index (κ1) is 10.5. The summed E-state index contributed by atoms with van der Waals surface area (Å²) in [5.74, 6) is -0.780. The second-order valence-electron chi connectivity index (χ2n) is 3.11. The number of allylic oxidation sites excluding steroid dienone is 2. The predicted octanol–water partition coefficient (Wildman–Crippen LogP) is 2.43. The van der Waals surface area contributed by atoms with Crippen LogP contribution in [0.25, 0.3) is 0 Å². The molecule has 1 N–H and O–H groups in total. The van der Waals surface area contributed by atoms with Gasteiger partial charge >= 0.3 is 5.97 Å². The molecule has 0 radical (unpaired) electrons. The number of aliphatic carboxylic acids is 1. The molecular formula is C12H14O2. The highest BCUT2D eigenvalue weighted by molar-refractivity contribution is 5.70. The molecule has 14 heavy (non-hydrogen) atoms. The van der Waals surface area contributed by atoms with Crippen molar-refractivity contribution in [2.75, 3.05) is 0 Å². The van der Waals surface area contributed by atoms with E-state index < -0.39 is 5.97 Å². The Bertz CT molecular complexity index is 340. The summed E-state index contributed by atoms with van der Waals surface area (Å²) in [7, 11) is 0. The molecule has 0 aliphatic heterocycles. The predicted molar refractivity (Wildman–Crippen MR) is 56.3 cm³/mol. The summed E-state index contributed by atoms with van der Waals surface area (Å²) >= 11 is 0. The van der Waals surface area contributed by atoms with E-state index in [1.807, 2.05) is 43.3 Å². The van der Waals surface area contributed by atoms with Gasteiger partial charge in [-0.05, 0) is 24.5 Å². The quantitative estimate of drug-likeness (QED) is 0.740. The van der Waals surface area contributed by atoms with Crippen LogP contribution in [0.4, 0.5) is 0 Å². The molecular weight excluding hydrogens is 176 g/mol. The number of benzene rings is 1. The number of carbonyl (C=O) groups is 1. The minimum atomic E-state index is -0.780. The van der Waals surface area contributed by atoms with E-state index in [9.17, 15) is 4.79 Å². The lowest BCUT2D eigenvalue weighted by Crippen LogP contribution is -2.02. The van der Waals surface area contributed by atoms with Crippen LogP contribution in [0, 0.1) is 0 Å². The van der Waals surface area contributed by atoms with E-state index in [0.29, 0.717) is 0 Å². The summed E-state index contributed by atoms with van der Waals surface area (Å²) in [5.41, 5.74) is 1.99. The third-order valence-corrected chi connectivity index (χ3v) is 2.03. The summed E-state index contributed by atoms with van der Waals surface area (Å²) < 4.78 is 0. The minimum absolute atomic E-state index is 0.105. The number of carboxylic acids is 1. The van der Waals surface area contributed by atoms with Gasteiger partial charge in [0.2, 0.25) is 0 Å². The number of carboxylic acid groups (broad SMARTS) is 1. The van der Waals surface area contributed by atoms with Crippen molar-refractivity contribution < 1.29 is 9.90 Å². The summed E-state index contributed by atoms with van der Waals surface area (Å²) in [4.78, 5) is 10.6. The van der Waals surface area contributed by atoms with Crippen LogP contribution in [0.2, 0.25) is 0 Å². The Morgan fingerprint density at radius 3 is 2.57 bits per heavy atom. The molecule has 0 aliphatic carbocycles. The van der Waals surface area contributed by atoms with E-state index >= 15 is 0 Å². The number of hydrogen-bond acceptors (Lipinski definition) is 1. The first-order valence-corrected chi connectivity index (χ1v) is 4.63. The molecule has 0 atom stereocenters. The fourth-order valence-electron chi connectivity index (χ4n) is 1.34. The topological polar surface area (TPSA) is 37.3 Å². The van der Waals surface area contributed by atoms with Gasteiger partial charge in [-0.1, -0.05) is 36.4 Å². The Morgan fingerprint density at radius 2 is 2.00 bits per heavy atom. The maximum atomic E-state index is 10.6. The van der Waals surface area contributed by atoms with Crippen molar-refractivity contribution in [2.24, 2.45) is 0 Å². The molecule has 0 aromatic heterocycles. The average molecular weight is 190 g/mol. The zero-order chi connectivity index (χ0) is 10.4. The van der Waals surface area contributed by atoms with Crippen LogP contribution < -0.4 is 0 Å². The maximum absolute atomic E-state index is 10.6.